The van der Waals surface area contributed by atoms with Crippen molar-refractivity contribution in [2.75, 3.05) is 0 Å². The number of nitrogens with two attached hydrogens (primary N) is 1. The van der Waals surface area contributed by atoms with Crippen molar-refractivity contribution < 1.29 is 4.79 Å². The molecule has 0 aliphatic heterocycles. The summed E-state index contributed by atoms with van der Waals surface area (Å²) in [6, 6.07) is 5.77. The molecule has 5 heteroatoms. The Morgan fingerprint density at radius 1 is 1.37 bits per heavy atom. The molecule has 0 aliphatic carbocycles. The minimum atomic E-state index is -0.518. The fourth-order valence-electron chi connectivity index (χ4n) is 1.63. The van der Waals surface area contributed by atoms with Crippen molar-refractivity contribution >= 4 is 27.5 Å². The van der Waals surface area contributed by atoms with Crippen molar-refractivity contribution in [2.45, 2.75) is 55.7 Å². The molecule has 1 amide bonds. The molecule has 0 bridgehead atoms. The number of nitrogens with zero attached hydrogens (tertiary/aromatic N) is 1. The first kappa shape index (κ1) is 16.4. The van der Waals surface area contributed by atoms with Crippen LogP contribution in [0.2, 0.25) is 0 Å². The number of unbranched alkanes of at least 4 members (excludes halogenated alkanes) is 3. The Balaban J connectivity index is 2.49. The molecular weight excluding hydrogens is 276 g/mol. The minimum absolute atomic E-state index is 0.238. The molecule has 1 rings (SSSR count). The first-order valence-electron chi connectivity index (χ1n) is 6.65. The van der Waals surface area contributed by atoms with Crippen molar-refractivity contribution in [3.63, 3.8) is 0 Å². The van der Waals surface area contributed by atoms with Crippen LogP contribution in [-0.2, 0) is 4.79 Å². The third-order valence-electron chi connectivity index (χ3n) is 2.98. The lowest BCUT2D eigenvalue weighted by molar-refractivity contribution is -0.120. The summed E-state index contributed by atoms with van der Waals surface area (Å²) in [6.45, 7) is 4.11. The Kier molecular flexibility index (Phi) is 7.31. The molecule has 0 aliphatic rings. The summed E-state index contributed by atoms with van der Waals surface area (Å²) < 4.78 is -0.518. The maximum Gasteiger partial charge on any atom is 0.234 e. The fraction of sp³-hybridized carbons (Fsp3) is 0.571. The summed E-state index contributed by atoms with van der Waals surface area (Å²) >= 11 is 0. The highest BCUT2D eigenvalue weighted by atomic mass is 33.1. The van der Waals surface area contributed by atoms with Crippen LogP contribution in [0.5, 0.6) is 0 Å². The number of hydrogen-bond acceptors (Lipinski definition) is 4. The molecule has 0 fully saturated rings. The average Bonchev–Trinajstić information content (AvgIpc) is 2.42. The molecule has 0 spiro atoms. The van der Waals surface area contributed by atoms with Crippen molar-refractivity contribution in [1.29, 1.82) is 0 Å². The average molecular weight is 298 g/mol. The zero-order valence-corrected chi connectivity index (χ0v) is 13.2. The van der Waals surface area contributed by atoms with Gasteiger partial charge in [-0.3, -0.25) is 4.79 Å². The normalized spacial score (nSPS) is 14.0. The van der Waals surface area contributed by atoms with Gasteiger partial charge >= 0.3 is 0 Å². The van der Waals surface area contributed by atoms with Gasteiger partial charge in [0.1, 0.15) is 9.77 Å². The van der Waals surface area contributed by atoms with Crippen LogP contribution in [-0.4, -0.2) is 15.6 Å². The Bertz CT molecular complexity index is 386. The number of rotatable bonds is 9. The van der Waals surface area contributed by atoms with Crippen molar-refractivity contribution in [3.8, 4) is 0 Å². The Labute approximate surface area is 123 Å². The highest BCUT2D eigenvalue weighted by Gasteiger charge is 2.32. The Morgan fingerprint density at radius 3 is 2.74 bits per heavy atom. The molecule has 1 aromatic rings. The van der Waals surface area contributed by atoms with Crippen LogP contribution in [0.25, 0.3) is 0 Å². The molecule has 1 heterocycles. The lowest BCUT2D eigenvalue weighted by Crippen LogP contribution is -2.37. The molecule has 106 valence electrons. The topological polar surface area (TPSA) is 56.0 Å². The molecular formula is C14H22N2OS2. The number of pyridine rings is 1. The summed E-state index contributed by atoms with van der Waals surface area (Å²) in [7, 11) is 3.05. The van der Waals surface area contributed by atoms with E-state index in [1.807, 2.05) is 25.1 Å². The van der Waals surface area contributed by atoms with E-state index in [2.05, 4.69) is 11.9 Å². The van der Waals surface area contributed by atoms with Gasteiger partial charge in [-0.2, -0.15) is 0 Å². The van der Waals surface area contributed by atoms with Crippen LogP contribution in [0.15, 0.2) is 29.4 Å². The fourth-order valence-corrected chi connectivity index (χ4v) is 4.04. The number of hydrogen-bond donors (Lipinski definition) is 1. The van der Waals surface area contributed by atoms with Crippen LogP contribution >= 0.6 is 21.6 Å². The quantitative estimate of drug-likeness (QED) is 0.552. The molecule has 1 unspecified atom stereocenters. The van der Waals surface area contributed by atoms with Crippen LogP contribution in [0.3, 0.4) is 0 Å². The number of carbonyl (C=O) groups excluding carboxylic acids is 1. The first-order chi connectivity index (χ1) is 9.08. The van der Waals surface area contributed by atoms with Crippen LogP contribution in [0, 0.1) is 0 Å². The van der Waals surface area contributed by atoms with Crippen LogP contribution in [0.4, 0.5) is 0 Å². The predicted octanol–water partition coefficient (Wildman–Crippen LogP) is 4.04. The zero-order chi connectivity index (χ0) is 14.1. The van der Waals surface area contributed by atoms with Crippen molar-refractivity contribution in [1.82, 2.24) is 4.98 Å². The monoisotopic (exact) mass is 298 g/mol. The molecule has 0 radical (unpaired) electrons. The van der Waals surface area contributed by atoms with E-state index in [0.29, 0.717) is 0 Å². The Hall–Kier alpha value is -0.680. The molecule has 0 aromatic carbocycles. The number of primary amides is 1. The Morgan fingerprint density at radius 2 is 2.16 bits per heavy atom. The van der Waals surface area contributed by atoms with E-state index in [0.717, 1.165) is 24.3 Å². The molecule has 1 atom stereocenters. The molecule has 19 heavy (non-hydrogen) atoms. The molecule has 2 N–H and O–H groups in total. The molecule has 1 aromatic heterocycles. The van der Waals surface area contributed by atoms with Crippen molar-refractivity contribution in [3.05, 3.63) is 24.4 Å². The second-order valence-electron chi connectivity index (χ2n) is 4.74. The molecule has 3 nitrogen and oxygen atoms in total. The van der Waals surface area contributed by atoms with Crippen molar-refractivity contribution in [2.24, 2.45) is 5.73 Å². The second-order valence-corrected chi connectivity index (χ2v) is 7.39. The van der Waals surface area contributed by atoms with Crippen LogP contribution in [0.1, 0.15) is 46.0 Å². The maximum atomic E-state index is 11.7. The predicted molar refractivity (Wildman–Crippen MR) is 84.0 cm³/mol. The van der Waals surface area contributed by atoms with E-state index in [1.165, 1.54) is 34.4 Å². The largest absolute Gasteiger partial charge is 0.368 e. The van der Waals surface area contributed by atoms with E-state index in [4.69, 9.17) is 5.73 Å². The van der Waals surface area contributed by atoms with E-state index < -0.39 is 4.75 Å². The van der Waals surface area contributed by atoms with Gasteiger partial charge in [-0.15, -0.1) is 0 Å². The van der Waals surface area contributed by atoms with Gasteiger partial charge in [0, 0.05) is 6.20 Å². The highest BCUT2D eigenvalue weighted by molar-refractivity contribution is 8.77. The SMILES string of the molecule is CCCCCCC(C)(SSc1ccccn1)C(N)=O. The number of carbonyl (C=O) groups is 1. The van der Waals surface area contributed by atoms with Gasteiger partial charge in [-0.1, -0.05) is 49.5 Å². The number of amides is 1. The zero-order valence-electron chi connectivity index (χ0n) is 11.6. The minimum Gasteiger partial charge on any atom is -0.368 e. The standard InChI is InChI=1S/C14H22N2OS2/c1-3-4-5-7-10-14(2,13(15)17)19-18-12-9-6-8-11-16-12/h6,8-9,11H,3-5,7,10H2,1-2H3,(H2,15,17). The van der Waals surface area contributed by atoms with Gasteiger partial charge in [-0.05, 0) is 36.3 Å². The number of aromatic nitrogens is 1. The van der Waals surface area contributed by atoms with E-state index in [1.54, 1.807) is 6.20 Å². The summed E-state index contributed by atoms with van der Waals surface area (Å²) in [4.78, 5) is 15.9. The maximum absolute atomic E-state index is 11.7. The highest BCUT2D eigenvalue weighted by Crippen LogP contribution is 2.42. The smallest absolute Gasteiger partial charge is 0.234 e. The van der Waals surface area contributed by atoms with Gasteiger partial charge < -0.3 is 5.73 Å². The summed E-state index contributed by atoms with van der Waals surface area (Å²) in [5.41, 5.74) is 5.56. The van der Waals surface area contributed by atoms with E-state index in [-0.39, 0.29) is 5.91 Å². The lowest BCUT2D eigenvalue weighted by Gasteiger charge is -2.24. The van der Waals surface area contributed by atoms with Gasteiger partial charge in [-0.25, -0.2) is 4.98 Å². The van der Waals surface area contributed by atoms with Crippen LogP contribution < -0.4 is 5.73 Å². The summed E-state index contributed by atoms with van der Waals surface area (Å²) in [5.74, 6) is -0.238. The second kappa shape index (κ2) is 8.48. The van der Waals surface area contributed by atoms with Gasteiger partial charge in [0.25, 0.3) is 0 Å². The lowest BCUT2D eigenvalue weighted by atomic mass is 10.0. The first-order valence-corrected chi connectivity index (χ1v) is 8.80. The van der Waals surface area contributed by atoms with E-state index >= 15 is 0 Å². The molecule has 0 saturated heterocycles. The van der Waals surface area contributed by atoms with E-state index in [9.17, 15) is 4.79 Å². The van der Waals surface area contributed by atoms with Gasteiger partial charge in [0.2, 0.25) is 5.91 Å². The summed E-state index contributed by atoms with van der Waals surface area (Å²) in [5, 5.41) is 0.911. The summed E-state index contributed by atoms with van der Waals surface area (Å²) in [6.07, 6.45) is 7.20. The third kappa shape index (κ3) is 5.87. The van der Waals surface area contributed by atoms with Gasteiger partial charge in [0.05, 0.1) is 0 Å². The molecule has 0 saturated carbocycles. The third-order valence-corrected chi connectivity index (χ3v) is 6.11. The van der Waals surface area contributed by atoms with Gasteiger partial charge in [0.15, 0.2) is 0 Å².